The maximum atomic E-state index is 13.8. The number of hydrogen-bond donors (Lipinski definition) is 2. The van der Waals surface area contributed by atoms with E-state index in [-0.39, 0.29) is 11.8 Å². The van der Waals surface area contributed by atoms with Crippen molar-refractivity contribution in [3.8, 4) is 17.2 Å². The molecule has 2 aromatic heterocycles. The third-order valence-corrected chi connectivity index (χ3v) is 5.92. The minimum Gasteiger partial charge on any atom is -0.479 e. The van der Waals surface area contributed by atoms with E-state index in [1.807, 2.05) is 36.4 Å². The number of aromatic nitrogens is 3. The quantitative estimate of drug-likeness (QED) is 0.275. The summed E-state index contributed by atoms with van der Waals surface area (Å²) in [5.74, 6) is -0.608. The second kappa shape index (κ2) is 8.56. The summed E-state index contributed by atoms with van der Waals surface area (Å²) in [5.41, 5.74) is 7.02. The largest absolute Gasteiger partial charge is 0.479 e. The maximum absolute atomic E-state index is 13.8. The van der Waals surface area contributed by atoms with Gasteiger partial charge in [0.1, 0.15) is 11.5 Å². The molecular formula is C26H19ClFN3O2. The van der Waals surface area contributed by atoms with Crippen molar-refractivity contribution in [1.82, 2.24) is 15.4 Å². The molecule has 0 spiro atoms. The summed E-state index contributed by atoms with van der Waals surface area (Å²) in [5, 5.41) is 21.8. The van der Waals surface area contributed by atoms with E-state index in [1.165, 1.54) is 18.2 Å². The van der Waals surface area contributed by atoms with Crippen LogP contribution in [0.2, 0.25) is 5.02 Å². The molecule has 164 valence electrons. The normalized spacial score (nSPS) is 12.2. The molecular weight excluding hydrogens is 441 g/mol. The minimum atomic E-state index is -0.374. The van der Waals surface area contributed by atoms with Gasteiger partial charge in [0.15, 0.2) is 0 Å². The molecule has 0 aliphatic carbocycles. The second-order valence-electron chi connectivity index (χ2n) is 7.63. The van der Waals surface area contributed by atoms with E-state index in [0.717, 1.165) is 44.3 Å². The zero-order valence-corrected chi connectivity index (χ0v) is 18.4. The Labute approximate surface area is 194 Å². The van der Waals surface area contributed by atoms with Gasteiger partial charge in [-0.15, -0.1) is 0 Å². The molecule has 3 aromatic carbocycles. The third-order valence-electron chi connectivity index (χ3n) is 5.61. The highest BCUT2D eigenvalue weighted by Gasteiger charge is 2.17. The monoisotopic (exact) mass is 459 g/mol. The standard InChI is InChI=1S/C26H19ClFN3O2/c1-2-20(21-9-8-19(28)12-22(21)27)26(17-7-10-23-18(11-17)14-29-30-23)16-5-3-15(4-6-16)24-13-25(32)33-31-24/h3-14,32H,2H2,1H3,(H,29,30)/b26-20-. The van der Waals surface area contributed by atoms with E-state index in [0.29, 0.717) is 17.1 Å². The second-order valence-corrected chi connectivity index (χ2v) is 8.04. The summed E-state index contributed by atoms with van der Waals surface area (Å²) in [6, 6.07) is 19.9. The summed E-state index contributed by atoms with van der Waals surface area (Å²) in [4.78, 5) is 0. The van der Waals surface area contributed by atoms with Gasteiger partial charge in [-0.2, -0.15) is 5.10 Å². The molecule has 5 nitrogen and oxygen atoms in total. The molecule has 0 unspecified atom stereocenters. The summed E-state index contributed by atoms with van der Waals surface area (Å²) in [6.45, 7) is 2.05. The average molecular weight is 460 g/mol. The topological polar surface area (TPSA) is 74.9 Å². The van der Waals surface area contributed by atoms with Crippen LogP contribution in [0.4, 0.5) is 4.39 Å². The van der Waals surface area contributed by atoms with Crippen molar-refractivity contribution in [3.63, 3.8) is 0 Å². The predicted molar refractivity (Wildman–Crippen MR) is 127 cm³/mol. The lowest BCUT2D eigenvalue weighted by Crippen LogP contribution is -1.96. The molecule has 33 heavy (non-hydrogen) atoms. The Balaban J connectivity index is 1.72. The van der Waals surface area contributed by atoms with Crippen molar-refractivity contribution in [2.45, 2.75) is 13.3 Å². The van der Waals surface area contributed by atoms with Crippen LogP contribution in [0.3, 0.4) is 0 Å². The van der Waals surface area contributed by atoms with Crippen LogP contribution in [0.15, 0.2) is 77.4 Å². The number of hydrogen-bond acceptors (Lipinski definition) is 4. The van der Waals surface area contributed by atoms with Gasteiger partial charge in [0, 0.05) is 10.9 Å². The molecule has 0 bridgehead atoms. The van der Waals surface area contributed by atoms with Crippen molar-refractivity contribution in [3.05, 3.63) is 100 Å². The van der Waals surface area contributed by atoms with E-state index in [1.54, 1.807) is 12.3 Å². The molecule has 2 N–H and O–H groups in total. The number of rotatable bonds is 5. The summed E-state index contributed by atoms with van der Waals surface area (Å²) in [6.07, 6.45) is 2.47. The fourth-order valence-electron chi connectivity index (χ4n) is 4.06. The van der Waals surface area contributed by atoms with Crippen LogP contribution >= 0.6 is 11.6 Å². The molecule has 2 heterocycles. The van der Waals surface area contributed by atoms with Crippen LogP contribution < -0.4 is 0 Å². The highest BCUT2D eigenvalue weighted by Crippen LogP contribution is 2.38. The first-order chi connectivity index (χ1) is 16.0. The summed E-state index contributed by atoms with van der Waals surface area (Å²) < 4.78 is 18.5. The van der Waals surface area contributed by atoms with Crippen LogP contribution in [-0.4, -0.2) is 20.5 Å². The first kappa shape index (κ1) is 21.0. The molecule has 0 atom stereocenters. The van der Waals surface area contributed by atoms with Crippen LogP contribution in [0, 0.1) is 5.82 Å². The van der Waals surface area contributed by atoms with Crippen LogP contribution in [0.5, 0.6) is 5.95 Å². The summed E-state index contributed by atoms with van der Waals surface area (Å²) >= 11 is 6.48. The Hall–Kier alpha value is -3.90. The number of H-pyrrole nitrogens is 1. The number of benzene rings is 3. The lowest BCUT2D eigenvalue weighted by atomic mass is 9.87. The fourth-order valence-corrected chi connectivity index (χ4v) is 4.34. The number of nitrogens with one attached hydrogen (secondary N) is 1. The van der Waals surface area contributed by atoms with Crippen LogP contribution in [0.25, 0.3) is 33.3 Å². The van der Waals surface area contributed by atoms with Gasteiger partial charge in [0.25, 0.3) is 0 Å². The molecule has 0 amide bonds. The number of nitrogens with zero attached hydrogens (tertiary/aromatic N) is 2. The average Bonchev–Trinajstić information content (AvgIpc) is 3.46. The Bertz CT molecular complexity index is 1490. The van der Waals surface area contributed by atoms with Gasteiger partial charge in [-0.05, 0) is 58.5 Å². The van der Waals surface area contributed by atoms with Crippen LogP contribution in [0.1, 0.15) is 30.0 Å². The molecule has 0 aliphatic rings. The molecule has 5 rings (SSSR count). The molecule has 0 fully saturated rings. The van der Waals surface area contributed by atoms with E-state index in [2.05, 4.69) is 28.3 Å². The van der Waals surface area contributed by atoms with Gasteiger partial charge < -0.3 is 9.63 Å². The van der Waals surface area contributed by atoms with Gasteiger partial charge in [-0.25, -0.2) is 4.39 Å². The molecule has 0 saturated carbocycles. The lowest BCUT2D eigenvalue weighted by molar-refractivity contribution is 0.278. The molecule has 0 aliphatic heterocycles. The molecule has 0 saturated heterocycles. The fraction of sp³-hybridized carbons (Fsp3) is 0.0769. The van der Waals surface area contributed by atoms with Crippen LogP contribution in [-0.2, 0) is 0 Å². The number of fused-ring (bicyclic) bond motifs is 1. The van der Waals surface area contributed by atoms with Gasteiger partial charge in [-0.3, -0.25) is 5.10 Å². The zero-order valence-electron chi connectivity index (χ0n) is 17.6. The van der Waals surface area contributed by atoms with Crippen molar-refractivity contribution < 1.29 is 14.0 Å². The van der Waals surface area contributed by atoms with Crippen molar-refractivity contribution in [2.75, 3.05) is 0 Å². The van der Waals surface area contributed by atoms with Crippen molar-refractivity contribution in [2.24, 2.45) is 0 Å². The minimum absolute atomic E-state index is 0.234. The number of aromatic amines is 1. The molecule has 0 radical (unpaired) electrons. The SMILES string of the molecule is CC/C(=C(\c1ccc(-c2cc(O)on2)cc1)c1ccc2[nH]ncc2c1)c1ccc(F)cc1Cl. The van der Waals surface area contributed by atoms with Gasteiger partial charge >= 0.3 is 5.95 Å². The smallest absolute Gasteiger partial charge is 0.309 e. The Morgan fingerprint density at radius 2 is 1.82 bits per heavy atom. The van der Waals surface area contributed by atoms with E-state index >= 15 is 0 Å². The first-order valence-electron chi connectivity index (χ1n) is 10.4. The molecule has 5 aromatic rings. The molecule has 7 heteroatoms. The third kappa shape index (κ3) is 4.01. The van der Waals surface area contributed by atoms with Gasteiger partial charge in [-0.1, -0.05) is 60.1 Å². The van der Waals surface area contributed by atoms with Gasteiger partial charge in [0.05, 0.1) is 22.8 Å². The number of halogens is 2. The first-order valence-corrected chi connectivity index (χ1v) is 10.8. The van der Waals surface area contributed by atoms with E-state index < -0.39 is 0 Å². The lowest BCUT2D eigenvalue weighted by Gasteiger charge is -2.18. The zero-order chi connectivity index (χ0) is 22.9. The van der Waals surface area contributed by atoms with E-state index in [4.69, 9.17) is 16.1 Å². The Morgan fingerprint density at radius 3 is 2.52 bits per heavy atom. The Kier molecular flexibility index (Phi) is 5.44. The predicted octanol–water partition coefficient (Wildman–Crippen LogP) is 7.09. The number of allylic oxidation sites excluding steroid dienone is 1. The maximum Gasteiger partial charge on any atom is 0.309 e. The highest BCUT2D eigenvalue weighted by atomic mass is 35.5. The number of aromatic hydroxyl groups is 1. The van der Waals surface area contributed by atoms with Crippen molar-refractivity contribution >= 4 is 33.7 Å². The summed E-state index contributed by atoms with van der Waals surface area (Å²) in [7, 11) is 0. The van der Waals surface area contributed by atoms with Gasteiger partial charge in [0.2, 0.25) is 0 Å². The highest BCUT2D eigenvalue weighted by molar-refractivity contribution is 6.32. The Morgan fingerprint density at radius 1 is 1.03 bits per heavy atom. The van der Waals surface area contributed by atoms with E-state index in [9.17, 15) is 9.50 Å². The van der Waals surface area contributed by atoms with Crippen molar-refractivity contribution in [1.29, 1.82) is 0 Å².